The molecular weight excluding hydrogens is 364 g/mol. The van der Waals surface area contributed by atoms with Crippen molar-refractivity contribution in [3.63, 3.8) is 0 Å². The summed E-state index contributed by atoms with van der Waals surface area (Å²) in [5.41, 5.74) is 7.43. The maximum Gasteiger partial charge on any atom is 0.573 e. The van der Waals surface area contributed by atoms with Crippen LogP contribution in [0, 0.1) is 5.82 Å². The number of rotatable bonds is 6. The van der Waals surface area contributed by atoms with Crippen LogP contribution in [0.15, 0.2) is 47.5 Å². The van der Waals surface area contributed by atoms with E-state index in [2.05, 4.69) is 15.0 Å². The third-order valence-corrected chi connectivity index (χ3v) is 3.40. The molecule has 0 unspecified atom stereocenters. The molecule has 2 aromatic rings. The van der Waals surface area contributed by atoms with Gasteiger partial charge in [0.1, 0.15) is 11.6 Å². The second-order valence-electron chi connectivity index (χ2n) is 6.06. The minimum absolute atomic E-state index is 0.0530. The van der Waals surface area contributed by atoms with Crippen molar-refractivity contribution >= 4 is 11.6 Å². The van der Waals surface area contributed by atoms with Gasteiger partial charge < -0.3 is 20.7 Å². The van der Waals surface area contributed by atoms with E-state index >= 15 is 0 Å². The highest BCUT2D eigenvalue weighted by molar-refractivity contribution is 5.92. The molecule has 0 aliphatic carbocycles. The lowest BCUT2D eigenvalue weighted by Crippen LogP contribution is -2.22. The highest BCUT2D eigenvalue weighted by Crippen LogP contribution is 2.23. The van der Waals surface area contributed by atoms with E-state index in [0.29, 0.717) is 23.4 Å². The molecule has 0 aliphatic rings. The molecule has 0 aliphatic heterocycles. The molecule has 0 heterocycles. The summed E-state index contributed by atoms with van der Waals surface area (Å²) in [7, 11) is 3.71. The van der Waals surface area contributed by atoms with Gasteiger partial charge in [0.2, 0.25) is 0 Å². The van der Waals surface area contributed by atoms with Crippen molar-refractivity contribution in [1.29, 1.82) is 0 Å². The Kier molecular flexibility index (Phi) is 6.62. The second-order valence-corrected chi connectivity index (χ2v) is 6.06. The Morgan fingerprint density at radius 2 is 1.81 bits per heavy atom. The topological polar surface area (TPSA) is 62.9 Å². The Balaban J connectivity index is 1.95. The quantitative estimate of drug-likeness (QED) is 0.453. The minimum atomic E-state index is -4.74. The molecule has 3 N–H and O–H groups in total. The number of nitrogens with one attached hydrogen (secondary N) is 1. The highest BCUT2D eigenvalue weighted by atomic mass is 19.4. The summed E-state index contributed by atoms with van der Waals surface area (Å²) in [6, 6.07) is 9.92. The van der Waals surface area contributed by atoms with Gasteiger partial charge in [0.25, 0.3) is 0 Å². The molecule has 27 heavy (non-hydrogen) atoms. The van der Waals surface area contributed by atoms with Crippen LogP contribution in [0.4, 0.5) is 23.2 Å². The van der Waals surface area contributed by atoms with Crippen LogP contribution in [0.3, 0.4) is 0 Å². The fourth-order valence-corrected chi connectivity index (χ4v) is 2.26. The van der Waals surface area contributed by atoms with E-state index in [1.807, 2.05) is 19.0 Å². The summed E-state index contributed by atoms with van der Waals surface area (Å²) >= 11 is 0. The number of ether oxygens (including phenoxy) is 1. The van der Waals surface area contributed by atoms with Gasteiger partial charge in [0.15, 0.2) is 5.96 Å². The van der Waals surface area contributed by atoms with Crippen molar-refractivity contribution < 1.29 is 22.3 Å². The van der Waals surface area contributed by atoms with E-state index in [1.54, 1.807) is 12.1 Å². The van der Waals surface area contributed by atoms with Crippen LogP contribution in [0.2, 0.25) is 0 Å². The lowest BCUT2D eigenvalue weighted by Gasteiger charge is -2.11. The Morgan fingerprint density at radius 3 is 2.37 bits per heavy atom. The van der Waals surface area contributed by atoms with Crippen LogP contribution in [0.5, 0.6) is 5.75 Å². The van der Waals surface area contributed by atoms with Crippen LogP contribution < -0.4 is 15.8 Å². The molecule has 5 nitrogen and oxygen atoms in total. The second kappa shape index (κ2) is 8.72. The zero-order valence-electron chi connectivity index (χ0n) is 14.8. The maximum absolute atomic E-state index is 14.0. The van der Waals surface area contributed by atoms with Crippen molar-refractivity contribution in [2.24, 2.45) is 10.7 Å². The molecule has 2 aromatic carbocycles. The summed E-state index contributed by atoms with van der Waals surface area (Å²) in [5.74, 6) is -0.600. The number of aliphatic imine (C=N–C) groups is 1. The van der Waals surface area contributed by atoms with Gasteiger partial charge in [-0.15, -0.1) is 13.2 Å². The van der Waals surface area contributed by atoms with E-state index in [1.165, 1.54) is 18.2 Å². The lowest BCUT2D eigenvalue weighted by molar-refractivity contribution is -0.274. The largest absolute Gasteiger partial charge is 0.573 e. The SMILES string of the molecule is CN(C)Cc1ccc(CN=C(N)Nc2ccc(OC(F)(F)F)cc2)cc1F. The molecule has 0 atom stereocenters. The van der Waals surface area contributed by atoms with E-state index in [-0.39, 0.29) is 24.1 Å². The standard InChI is InChI=1S/C18H20F4N4O/c1-26(2)11-13-4-3-12(9-16(13)19)10-24-17(23)25-14-5-7-15(8-6-14)27-18(20,21)22/h3-9H,10-11H2,1-2H3,(H3,23,24,25). The van der Waals surface area contributed by atoms with E-state index in [0.717, 1.165) is 12.1 Å². The zero-order chi connectivity index (χ0) is 20.0. The third kappa shape index (κ3) is 7.14. The number of guanidine groups is 1. The number of hydrogen-bond acceptors (Lipinski definition) is 3. The van der Waals surface area contributed by atoms with Gasteiger partial charge >= 0.3 is 6.36 Å². The molecule has 9 heteroatoms. The van der Waals surface area contributed by atoms with Crippen LogP contribution in [0.25, 0.3) is 0 Å². The molecule has 146 valence electrons. The third-order valence-electron chi connectivity index (χ3n) is 3.40. The fourth-order valence-electron chi connectivity index (χ4n) is 2.26. The van der Waals surface area contributed by atoms with Gasteiger partial charge in [-0.05, 0) is 50.0 Å². The first-order valence-electron chi connectivity index (χ1n) is 7.97. The van der Waals surface area contributed by atoms with Gasteiger partial charge in [-0.3, -0.25) is 0 Å². The minimum Gasteiger partial charge on any atom is -0.406 e. The van der Waals surface area contributed by atoms with Crippen LogP contribution >= 0.6 is 0 Å². The normalized spacial score (nSPS) is 12.3. The highest BCUT2D eigenvalue weighted by Gasteiger charge is 2.30. The number of hydrogen-bond donors (Lipinski definition) is 2. The van der Waals surface area contributed by atoms with E-state index < -0.39 is 6.36 Å². The molecule has 0 saturated heterocycles. The van der Waals surface area contributed by atoms with Crippen molar-refractivity contribution in [1.82, 2.24) is 4.90 Å². The number of halogens is 4. The Labute approximate surface area is 154 Å². The first-order valence-corrected chi connectivity index (χ1v) is 7.97. The Bertz CT molecular complexity index is 789. The summed E-state index contributed by atoms with van der Waals surface area (Å²) in [6.45, 7) is 0.653. The van der Waals surface area contributed by atoms with Crippen molar-refractivity contribution in [3.05, 3.63) is 59.4 Å². The molecule has 0 aromatic heterocycles. The van der Waals surface area contributed by atoms with Crippen LogP contribution in [-0.4, -0.2) is 31.3 Å². The summed E-state index contributed by atoms with van der Waals surface area (Å²) < 4.78 is 54.2. The molecule has 0 amide bonds. The van der Waals surface area contributed by atoms with Crippen LogP contribution in [-0.2, 0) is 13.1 Å². The fraction of sp³-hybridized carbons (Fsp3) is 0.278. The first kappa shape index (κ1) is 20.5. The smallest absolute Gasteiger partial charge is 0.406 e. The lowest BCUT2D eigenvalue weighted by atomic mass is 10.1. The van der Waals surface area contributed by atoms with Gasteiger partial charge in [-0.25, -0.2) is 9.38 Å². The Morgan fingerprint density at radius 1 is 1.15 bits per heavy atom. The summed E-state index contributed by atoms with van der Waals surface area (Å²) in [4.78, 5) is 5.96. The van der Waals surface area contributed by atoms with E-state index in [4.69, 9.17) is 5.73 Å². The Hall–Kier alpha value is -2.81. The molecule has 0 spiro atoms. The van der Waals surface area contributed by atoms with Crippen molar-refractivity contribution in [2.45, 2.75) is 19.5 Å². The number of anilines is 1. The van der Waals surface area contributed by atoms with Crippen molar-refractivity contribution in [3.8, 4) is 5.75 Å². The maximum atomic E-state index is 14.0. The number of nitrogens with zero attached hydrogens (tertiary/aromatic N) is 2. The number of benzene rings is 2. The number of nitrogens with two attached hydrogens (primary N) is 1. The average molecular weight is 384 g/mol. The van der Waals surface area contributed by atoms with E-state index in [9.17, 15) is 17.6 Å². The van der Waals surface area contributed by atoms with Crippen LogP contribution in [0.1, 0.15) is 11.1 Å². The van der Waals surface area contributed by atoms with Gasteiger partial charge in [0.05, 0.1) is 6.54 Å². The molecule has 0 fully saturated rings. The molecule has 0 saturated carbocycles. The predicted octanol–water partition coefficient (Wildman–Crippen LogP) is 3.71. The predicted molar refractivity (Wildman–Crippen MR) is 95.9 cm³/mol. The molecule has 0 radical (unpaired) electrons. The van der Waals surface area contributed by atoms with Gasteiger partial charge in [-0.1, -0.05) is 12.1 Å². The summed E-state index contributed by atoms with van der Waals surface area (Å²) in [6.07, 6.45) is -4.74. The summed E-state index contributed by atoms with van der Waals surface area (Å²) in [5, 5.41) is 2.74. The molecule has 0 bridgehead atoms. The molecule has 2 rings (SSSR count). The van der Waals surface area contributed by atoms with Crippen molar-refractivity contribution in [2.75, 3.05) is 19.4 Å². The molecular formula is C18H20F4N4O. The van der Waals surface area contributed by atoms with Gasteiger partial charge in [-0.2, -0.15) is 0 Å². The monoisotopic (exact) mass is 384 g/mol. The zero-order valence-corrected chi connectivity index (χ0v) is 14.8. The number of alkyl halides is 3. The first-order chi connectivity index (χ1) is 12.6. The van der Waals surface area contributed by atoms with Gasteiger partial charge in [0, 0.05) is 17.8 Å². The average Bonchev–Trinajstić information content (AvgIpc) is 2.55.